The summed E-state index contributed by atoms with van der Waals surface area (Å²) in [7, 11) is 1.71. The van der Waals surface area contributed by atoms with E-state index in [9.17, 15) is 4.79 Å². The van der Waals surface area contributed by atoms with Gasteiger partial charge in [0, 0.05) is 38.4 Å². The van der Waals surface area contributed by atoms with E-state index in [0.29, 0.717) is 0 Å². The number of para-hydroxylation sites is 1. The average Bonchev–Trinajstić information content (AvgIpc) is 2.73. The van der Waals surface area contributed by atoms with Gasteiger partial charge in [-0.25, -0.2) is 4.79 Å². The Bertz CT molecular complexity index is 737. The van der Waals surface area contributed by atoms with E-state index in [1.165, 1.54) is 11.1 Å². The van der Waals surface area contributed by atoms with Crippen LogP contribution in [0.4, 0.5) is 10.5 Å². The van der Waals surface area contributed by atoms with Crippen LogP contribution in [0, 0.1) is 0 Å². The van der Waals surface area contributed by atoms with Crippen molar-refractivity contribution in [2.75, 3.05) is 45.2 Å². The number of urea groups is 1. The summed E-state index contributed by atoms with van der Waals surface area (Å²) in [5.74, 6) is 0.949. The molecule has 0 saturated carbocycles. The maximum Gasteiger partial charge on any atom is 0.321 e. The van der Waals surface area contributed by atoms with Crippen molar-refractivity contribution in [3.05, 3.63) is 59.7 Å². The average molecular weight is 367 g/mol. The molecule has 1 heterocycles. The normalized spacial score (nSPS) is 14.8. The first-order valence-corrected chi connectivity index (χ1v) is 9.68. The first-order chi connectivity index (χ1) is 13.2. The minimum atomic E-state index is -0.0105. The molecule has 0 bridgehead atoms. The fourth-order valence-corrected chi connectivity index (χ4v) is 3.39. The van der Waals surface area contributed by atoms with Crippen molar-refractivity contribution in [1.29, 1.82) is 0 Å². The number of anilines is 1. The number of benzene rings is 2. The summed E-state index contributed by atoms with van der Waals surface area (Å²) < 4.78 is 5.43. The Kier molecular flexibility index (Phi) is 6.71. The number of ether oxygens (including phenoxy) is 1. The largest absolute Gasteiger partial charge is 0.496 e. The number of nitrogens with one attached hydrogen (secondary N) is 1. The van der Waals surface area contributed by atoms with E-state index in [-0.39, 0.29) is 6.03 Å². The van der Waals surface area contributed by atoms with Crippen LogP contribution in [0.3, 0.4) is 0 Å². The van der Waals surface area contributed by atoms with Gasteiger partial charge in [0.05, 0.1) is 7.11 Å². The van der Waals surface area contributed by atoms with Crippen LogP contribution in [-0.2, 0) is 12.8 Å². The zero-order valence-corrected chi connectivity index (χ0v) is 16.3. The molecule has 1 aliphatic heterocycles. The highest BCUT2D eigenvalue weighted by molar-refractivity contribution is 5.89. The molecular formula is C22H29N3O2. The standard InChI is InChI=1S/C22H29N3O2/c1-3-18-8-10-20(11-9-18)23-22(26)25-16-14-24(15-17-25)13-12-19-6-4-5-7-21(19)27-2/h4-11H,3,12-17H2,1-2H3,(H,23,26). The number of hydrogen-bond donors (Lipinski definition) is 1. The molecule has 0 radical (unpaired) electrons. The molecule has 2 amide bonds. The van der Waals surface area contributed by atoms with E-state index >= 15 is 0 Å². The SMILES string of the molecule is CCc1ccc(NC(=O)N2CCN(CCc3ccccc3OC)CC2)cc1. The Morgan fingerprint density at radius 2 is 1.74 bits per heavy atom. The van der Waals surface area contributed by atoms with Crippen LogP contribution in [-0.4, -0.2) is 55.7 Å². The van der Waals surface area contributed by atoms with Crippen LogP contribution in [0.1, 0.15) is 18.1 Å². The van der Waals surface area contributed by atoms with Crippen molar-refractivity contribution in [2.24, 2.45) is 0 Å². The smallest absolute Gasteiger partial charge is 0.321 e. The lowest BCUT2D eigenvalue weighted by molar-refractivity contribution is 0.148. The Morgan fingerprint density at radius 3 is 2.41 bits per heavy atom. The van der Waals surface area contributed by atoms with Crippen molar-refractivity contribution >= 4 is 11.7 Å². The molecule has 144 valence electrons. The summed E-state index contributed by atoms with van der Waals surface area (Å²) in [6.45, 7) is 6.42. The van der Waals surface area contributed by atoms with Gasteiger partial charge in [-0.3, -0.25) is 4.90 Å². The van der Waals surface area contributed by atoms with Crippen LogP contribution in [0.5, 0.6) is 5.75 Å². The molecule has 5 heteroatoms. The Morgan fingerprint density at radius 1 is 1.04 bits per heavy atom. The Labute approximate surface area is 161 Å². The van der Waals surface area contributed by atoms with E-state index in [1.807, 2.05) is 35.2 Å². The molecule has 1 aliphatic rings. The van der Waals surface area contributed by atoms with Gasteiger partial charge >= 0.3 is 6.03 Å². The van der Waals surface area contributed by atoms with Gasteiger partial charge in [-0.2, -0.15) is 0 Å². The van der Waals surface area contributed by atoms with Crippen molar-refractivity contribution in [2.45, 2.75) is 19.8 Å². The van der Waals surface area contributed by atoms with Gasteiger partial charge in [0.25, 0.3) is 0 Å². The fraction of sp³-hybridized carbons (Fsp3) is 0.409. The third kappa shape index (κ3) is 5.23. The van der Waals surface area contributed by atoms with Crippen molar-refractivity contribution < 1.29 is 9.53 Å². The molecule has 0 unspecified atom stereocenters. The summed E-state index contributed by atoms with van der Waals surface area (Å²) in [6.07, 6.45) is 1.96. The highest BCUT2D eigenvalue weighted by Gasteiger charge is 2.21. The molecule has 1 fully saturated rings. The van der Waals surface area contributed by atoms with Gasteiger partial charge in [-0.15, -0.1) is 0 Å². The molecule has 0 aromatic heterocycles. The number of methoxy groups -OCH3 is 1. The predicted octanol–water partition coefficient (Wildman–Crippen LogP) is 3.65. The molecule has 2 aromatic rings. The van der Waals surface area contributed by atoms with E-state index in [4.69, 9.17) is 4.74 Å². The second-order valence-corrected chi connectivity index (χ2v) is 6.87. The fourth-order valence-electron chi connectivity index (χ4n) is 3.39. The predicted molar refractivity (Wildman–Crippen MR) is 110 cm³/mol. The van der Waals surface area contributed by atoms with Gasteiger partial charge in [-0.1, -0.05) is 37.3 Å². The van der Waals surface area contributed by atoms with Crippen LogP contribution in [0.2, 0.25) is 0 Å². The van der Waals surface area contributed by atoms with Crippen LogP contribution in [0.15, 0.2) is 48.5 Å². The first kappa shape index (κ1) is 19.2. The zero-order chi connectivity index (χ0) is 19.1. The van der Waals surface area contributed by atoms with E-state index < -0.39 is 0 Å². The number of aryl methyl sites for hydroxylation is 1. The van der Waals surface area contributed by atoms with Crippen LogP contribution < -0.4 is 10.1 Å². The molecule has 2 aromatic carbocycles. The Balaban J connectivity index is 1.44. The first-order valence-electron chi connectivity index (χ1n) is 9.68. The van der Waals surface area contributed by atoms with E-state index in [2.05, 4.69) is 35.3 Å². The lowest BCUT2D eigenvalue weighted by Crippen LogP contribution is -2.50. The van der Waals surface area contributed by atoms with Crippen molar-refractivity contribution in [3.63, 3.8) is 0 Å². The van der Waals surface area contributed by atoms with Crippen LogP contribution >= 0.6 is 0 Å². The lowest BCUT2D eigenvalue weighted by Gasteiger charge is -2.34. The topological polar surface area (TPSA) is 44.8 Å². The number of nitrogens with zero attached hydrogens (tertiary/aromatic N) is 2. The lowest BCUT2D eigenvalue weighted by atomic mass is 10.1. The molecule has 5 nitrogen and oxygen atoms in total. The summed E-state index contributed by atoms with van der Waals surface area (Å²) in [4.78, 5) is 16.8. The maximum atomic E-state index is 12.5. The van der Waals surface area contributed by atoms with Gasteiger partial charge in [0.15, 0.2) is 0 Å². The third-order valence-corrected chi connectivity index (χ3v) is 5.16. The summed E-state index contributed by atoms with van der Waals surface area (Å²) in [5, 5.41) is 3.00. The van der Waals surface area contributed by atoms with Gasteiger partial charge in [0.1, 0.15) is 5.75 Å². The molecule has 0 atom stereocenters. The molecule has 0 aliphatic carbocycles. The zero-order valence-electron chi connectivity index (χ0n) is 16.3. The highest BCUT2D eigenvalue weighted by atomic mass is 16.5. The number of rotatable bonds is 6. The van der Waals surface area contributed by atoms with Crippen molar-refractivity contribution in [3.8, 4) is 5.75 Å². The summed E-state index contributed by atoms with van der Waals surface area (Å²) in [6, 6.07) is 16.2. The number of carbonyl (C=O) groups excluding carboxylic acids is 1. The van der Waals surface area contributed by atoms with E-state index in [1.54, 1.807) is 7.11 Å². The van der Waals surface area contributed by atoms with Gasteiger partial charge in [-0.05, 0) is 42.2 Å². The molecule has 1 N–H and O–H groups in total. The molecule has 0 spiro atoms. The molecule has 1 saturated heterocycles. The highest BCUT2D eigenvalue weighted by Crippen LogP contribution is 2.18. The maximum absolute atomic E-state index is 12.5. The number of amides is 2. The summed E-state index contributed by atoms with van der Waals surface area (Å²) >= 11 is 0. The molecule has 3 rings (SSSR count). The van der Waals surface area contributed by atoms with E-state index in [0.717, 1.165) is 57.0 Å². The summed E-state index contributed by atoms with van der Waals surface area (Å²) in [5.41, 5.74) is 3.36. The monoisotopic (exact) mass is 367 g/mol. The number of carbonyl (C=O) groups is 1. The second-order valence-electron chi connectivity index (χ2n) is 6.87. The minimum absolute atomic E-state index is 0.0105. The minimum Gasteiger partial charge on any atom is -0.496 e. The molecular weight excluding hydrogens is 338 g/mol. The van der Waals surface area contributed by atoms with Gasteiger partial charge < -0.3 is 15.0 Å². The number of piperazine rings is 1. The quantitative estimate of drug-likeness (QED) is 0.848. The van der Waals surface area contributed by atoms with Crippen LogP contribution in [0.25, 0.3) is 0 Å². The van der Waals surface area contributed by atoms with Gasteiger partial charge in [0.2, 0.25) is 0 Å². The number of hydrogen-bond acceptors (Lipinski definition) is 3. The molecule has 27 heavy (non-hydrogen) atoms. The Hall–Kier alpha value is -2.53. The van der Waals surface area contributed by atoms with Crippen molar-refractivity contribution in [1.82, 2.24) is 9.80 Å². The third-order valence-electron chi connectivity index (χ3n) is 5.16. The second kappa shape index (κ2) is 9.42.